The molecule has 0 saturated heterocycles. The molecular formula is C20H10N2O3PtS2. The fourth-order valence-electron chi connectivity index (χ4n) is 2.85. The monoisotopic (exact) mass is 585 g/mol. The number of carbonyl (C=O) groups is 2. The van der Waals surface area contributed by atoms with E-state index in [0.717, 1.165) is 27.2 Å². The standard InChI is InChI=1S/C16H10N2.C4H2O3S2.Pt/c1-3-12-7-5-11-6-8-13-4-2-10-18-16(13)14(11)15(12)17-9-1;5-3-1(8)2(9)4(6)7-3;/h1-10H;8-9H;/q;;+2/p-2. The molecule has 5 rings (SSSR count). The minimum atomic E-state index is -0.806. The van der Waals surface area contributed by atoms with Crippen LogP contribution in [0, 0.1) is 0 Å². The van der Waals surface area contributed by atoms with E-state index in [4.69, 9.17) is 0 Å². The van der Waals surface area contributed by atoms with Crippen molar-refractivity contribution in [3.05, 3.63) is 70.7 Å². The van der Waals surface area contributed by atoms with Gasteiger partial charge in [0.2, 0.25) is 0 Å². The van der Waals surface area contributed by atoms with Gasteiger partial charge in [0.1, 0.15) is 0 Å². The second kappa shape index (κ2) is 8.27. The molecular weight excluding hydrogens is 575 g/mol. The summed E-state index contributed by atoms with van der Waals surface area (Å²) < 4.78 is 4.03. The van der Waals surface area contributed by atoms with Gasteiger partial charge in [-0.25, -0.2) is 9.59 Å². The average molecular weight is 586 g/mol. The third-order valence-corrected chi connectivity index (χ3v) is 4.96. The summed E-state index contributed by atoms with van der Waals surface area (Å²) >= 11 is 8.81. The van der Waals surface area contributed by atoms with Crippen LogP contribution in [0.15, 0.2) is 70.7 Å². The Morgan fingerprint density at radius 2 is 1.11 bits per heavy atom. The van der Waals surface area contributed by atoms with Gasteiger partial charge in [-0.05, 0) is 17.5 Å². The fourth-order valence-corrected chi connectivity index (χ4v) is 3.10. The Hall–Kier alpha value is -2.47. The number of carbonyl (C=O) groups excluding carboxylic acids is 2. The van der Waals surface area contributed by atoms with Crippen molar-refractivity contribution in [3.63, 3.8) is 0 Å². The molecule has 0 saturated carbocycles. The average Bonchev–Trinajstić information content (AvgIpc) is 2.93. The van der Waals surface area contributed by atoms with Gasteiger partial charge in [0.05, 0.1) is 11.0 Å². The first-order chi connectivity index (χ1) is 13.1. The van der Waals surface area contributed by atoms with Crippen LogP contribution in [0.3, 0.4) is 0 Å². The number of benzene rings is 2. The van der Waals surface area contributed by atoms with Crippen molar-refractivity contribution in [1.29, 1.82) is 0 Å². The zero-order valence-corrected chi connectivity index (χ0v) is 17.9. The second-order valence-electron chi connectivity index (χ2n) is 5.71. The van der Waals surface area contributed by atoms with E-state index < -0.39 is 11.9 Å². The van der Waals surface area contributed by atoms with Gasteiger partial charge in [0.15, 0.2) is 0 Å². The van der Waals surface area contributed by atoms with Crippen molar-refractivity contribution in [2.45, 2.75) is 0 Å². The molecule has 0 N–H and O–H groups in total. The first kappa shape index (κ1) is 20.3. The predicted molar refractivity (Wildman–Crippen MR) is 107 cm³/mol. The Kier molecular flexibility index (Phi) is 5.98. The third-order valence-electron chi connectivity index (χ3n) is 4.09. The van der Waals surface area contributed by atoms with Crippen LogP contribution in [-0.2, 0) is 60.6 Å². The van der Waals surface area contributed by atoms with Crippen LogP contribution < -0.4 is 0 Å². The van der Waals surface area contributed by atoms with Crippen LogP contribution in [0.5, 0.6) is 0 Å². The second-order valence-corrected chi connectivity index (χ2v) is 6.53. The summed E-state index contributed by atoms with van der Waals surface area (Å²) in [5, 5.41) is 4.64. The number of hydrogen-bond donors (Lipinski definition) is 0. The summed E-state index contributed by atoms with van der Waals surface area (Å²) in [5.41, 5.74) is 2.05. The molecule has 0 bridgehead atoms. The normalized spacial score (nSPS) is 13.3. The van der Waals surface area contributed by atoms with E-state index >= 15 is 0 Å². The Bertz CT molecular complexity index is 1180. The SMILES string of the molecule is O=C1OC(=O)C([S-])=C1[S-].[Pt+2].c1cnc2c(c1)ccc1ccc3cccnc3c12. The largest absolute Gasteiger partial charge is 2.00 e. The van der Waals surface area contributed by atoms with Crippen molar-refractivity contribution < 1.29 is 35.4 Å². The van der Waals surface area contributed by atoms with Gasteiger partial charge in [0.25, 0.3) is 0 Å². The molecule has 2 aromatic heterocycles. The Labute approximate surface area is 185 Å². The van der Waals surface area contributed by atoms with Gasteiger partial charge in [-0.3, -0.25) is 9.97 Å². The molecule has 4 aromatic rings. The minimum absolute atomic E-state index is 0. The van der Waals surface area contributed by atoms with Crippen molar-refractivity contribution >= 4 is 69.8 Å². The third kappa shape index (κ3) is 3.61. The number of nitrogens with zero attached hydrogens (tertiary/aromatic N) is 2. The van der Waals surface area contributed by atoms with E-state index in [-0.39, 0.29) is 30.9 Å². The minimum Gasteiger partial charge on any atom is -0.774 e. The number of ether oxygens (including phenoxy) is 1. The van der Waals surface area contributed by atoms with E-state index in [0.29, 0.717) is 0 Å². The van der Waals surface area contributed by atoms with Crippen LogP contribution in [0.2, 0.25) is 0 Å². The van der Waals surface area contributed by atoms with Gasteiger partial charge < -0.3 is 30.0 Å². The van der Waals surface area contributed by atoms with Crippen LogP contribution in [0.25, 0.3) is 32.6 Å². The van der Waals surface area contributed by atoms with E-state index in [2.05, 4.69) is 76.4 Å². The molecule has 5 nitrogen and oxygen atoms in total. The van der Waals surface area contributed by atoms with Crippen molar-refractivity contribution in [1.82, 2.24) is 9.97 Å². The van der Waals surface area contributed by atoms with Crippen molar-refractivity contribution in [2.75, 3.05) is 0 Å². The van der Waals surface area contributed by atoms with Gasteiger partial charge in [-0.2, -0.15) is 0 Å². The van der Waals surface area contributed by atoms with Crippen molar-refractivity contribution in [3.8, 4) is 0 Å². The Balaban J connectivity index is 0.000000193. The molecule has 3 heterocycles. The zero-order valence-electron chi connectivity index (χ0n) is 14.0. The summed E-state index contributed by atoms with van der Waals surface area (Å²) in [7, 11) is 0. The van der Waals surface area contributed by atoms with Crippen LogP contribution in [-0.4, -0.2) is 21.9 Å². The van der Waals surface area contributed by atoms with Gasteiger partial charge in [-0.15, -0.1) is 9.81 Å². The molecule has 0 unspecified atom stereocenters. The molecule has 1 aliphatic heterocycles. The molecule has 0 aliphatic carbocycles. The van der Waals surface area contributed by atoms with E-state index in [9.17, 15) is 9.59 Å². The van der Waals surface area contributed by atoms with Gasteiger partial charge in [-0.1, -0.05) is 36.4 Å². The maximum Gasteiger partial charge on any atom is 2.00 e. The Morgan fingerprint density at radius 1 is 0.679 bits per heavy atom. The predicted octanol–water partition coefficient (Wildman–Crippen LogP) is 3.31. The molecule has 0 radical (unpaired) electrons. The molecule has 0 spiro atoms. The van der Waals surface area contributed by atoms with Gasteiger partial charge >= 0.3 is 33.0 Å². The molecule has 2 aromatic carbocycles. The quantitative estimate of drug-likeness (QED) is 0.136. The summed E-state index contributed by atoms with van der Waals surface area (Å²) in [6.07, 6.45) is 3.67. The van der Waals surface area contributed by atoms with Gasteiger partial charge in [0, 0.05) is 28.6 Å². The molecule has 1 aliphatic rings. The summed E-state index contributed by atoms with van der Waals surface area (Å²) in [5.74, 6) is -1.61. The van der Waals surface area contributed by atoms with E-state index in [1.54, 1.807) is 0 Å². The first-order valence-electron chi connectivity index (χ1n) is 7.92. The van der Waals surface area contributed by atoms with E-state index in [1.807, 2.05) is 24.5 Å². The molecule has 0 atom stereocenters. The maximum atomic E-state index is 10.3. The van der Waals surface area contributed by atoms with E-state index in [1.165, 1.54) is 5.39 Å². The molecule has 140 valence electrons. The number of fused-ring (bicyclic) bond motifs is 5. The number of pyridine rings is 2. The zero-order chi connectivity index (χ0) is 19.0. The maximum absolute atomic E-state index is 10.3. The topological polar surface area (TPSA) is 69.2 Å². The first-order valence-corrected chi connectivity index (χ1v) is 8.74. The molecule has 0 amide bonds. The van der Waals surface area contributed by atoms with Crippen LogP contribution >= 0.6 is 0 Å². The smallest absolute Gasteiger partial charge is 0.774 e. The molecule has 0 fully saturated rings. The number of rotatable bonds is 0. The Morgan fingerprint density at radius 3 is 1.50 bits per heavy atom. The fraction of sp³-hybridized carbons (Fsp3) is 0. The number of aromatic nitrogens is 2. The molecule has 28 heavy (non-hydrogen) atoms. The number of hydrogen-bond acceptors (Lipinski definition) is 7. The molecule has 8 heteroatoms. The summed E-state index contributed by atoms with van der Waals surface area (Å²) in [6, 6.07) is 16.6. The van der Waals surface area contributed by atoms with Crippen LogP contribution in [0.1, 0.15) is 0 Å². The summed E-state index contributed by atoms with van der Waals surface area (Å²) in [4.78, 5) is 29.3. The van der Waals surface area contributed by atoms with Crippen LogP contribution in [0.4, 0.5) is 0 Å². The van der Waals surface area contributed by atoms with Crippen molar-refractivity contribution in [2.24, 2.45) is 0 Å². The number of esters is 2. The summed E-state index contributed by atoms with van der Waals surface area (Å²) in [6.45, 7) is 0. The number of cyclic esters (lactones) is 2.